The molecular weight excluding hydrogens is 248 g/mol. The number of likely N-dealkylation sites (tertiary alicyclic amines) is 1. The quantitative estimate of drug-likeness (QED) is 0.654. The molecule has 0 aromatic heterocycles. The lowest BCUT2D eigenvalue weighted by Gasteiger charge is -2.32. The number of nitrogens with zero attached hydrogens (tertiary/aromatic N) is 1. The van der Waals surface area contributed by atoms with Gasteiger partial charge in [0.15, 0.2) is 0 Å². The smallest absolute Gasteiger partial charge is 0.251 e. The van der Waals surface area contributed by atoms with Crippen LogP contribution in [0.2, 0.25) is 0 Å². The summed E-state index contributed by atoms with van der Waals surface area (Å²) in [5.74, 6) is -0.0115. The summed E-state index contributed by atoms with van der Waals surface area (Å²) in [6, 6.07) is 0. The SMILES string of the molecule is COC(C)C(=O)N1CCC(C(=O)NCCCO)CC1. The minimum atomic E-state index is -0.421. The Morgan fingerprint density at radius 2 is 2.05 bits per heavy atom. The first-order chi connectivity index (χ1) is 9.10. The summed E-state index contributed by atoms with van der Waals surface area (Å²) in [6.45, 7) is 3.53. The molecule has 1 aliphatic heterocycles. The zero-order chi connectivity index (χ0) is 14.3. The molecule has 1 aliphatic rings. The number of rotatable bonds is 6. The van der Waals surface area contributed by atoms with Crippen molar-refractivity contribution in [3.8, 4) is 0 Å². The molecule has 0 saturated carbocycles. The minimum Gasteiger partial charge on any atom is -0.396 e. The summed E-state index contributed by atoms with van der Waals surface area (Å²) in [4.78, 5) is 25.5. The van der Waals surface area contributed by atoms with Crippen LogP contribution in [0.4, 0.5) is 0 Å². The van der Waals surface area contributed by atoms with Crippen LogP contribution in [-0.4, -0.2) is 61.3 Å². The van der Waals surface area contributed by atoms with Gasteiger partial charge >= 0.3 is 0 Å². The molecule has 2 N–H and O–H groups in total. The third-order valence-electron chi connectivity index (χ3n) is 3.51. The average molecular weight is 272 g/mol. The van der Waals surface area contributed by atoms with Gasteiger partial charge in [-0.3, -0.25) is 9.59 Å². The molecular formula is C13H24N2O4. The Kier molecular flexibility index (Phi) is 6.80. The number of aliphatic hydroxyl groups is 1. The largest absolute Gasteiger partial charge is 0.396 e. The molecule has 1 heterocycles. The van der Waals surface area contributed by atoms with E-state index in [2.05, 4.69) is 5.32 Å². The first-order valence-corrected chi connectivity index (χ1v) is 6.80. The maximum Gasteiger partial charge on any atom is 0.251 e. The monoisotopic (exact) mass is 272 g/mol. The Labute approximate surface area is 114 Å². The first-order valence-electron chi connectivity index (χ1n) is 6.80. The average Bonchev–Trinajstić information content (AvgIpc) is 2.46. The minimum absolute atomic E-state index is 0.0124. The molecule has 0 radical (unpaired) electrons. The van der Waals surface area contributed by atoms with E-state index in [9.17, 15) is 9.59 Å². The normalized spacial score (nSPS) is 18.2. The third-order valence-corrected chi connectivity index (χ3v) is 3.51. The van der Waals surface area contributed by atoms with E-state index in [1.807, 2.05) is 0 Å². The van der Waals surface area contributed by atoms with E-state index in [1.165, 1.54) is 7.11 Å². The van der Waals surface area contributed by atoms with Crippen LogP contribution in [0.15, 0.2) is 0 Å². The van der Waals surface area contributed by atoms with Gasteiger partial charge in [-0.2, -0.15) is 0 Å². The van der Waals surface area contributed by atoms with Crippen molar-refractivity contribution in [3.05, 3.63) is 0 Å². The summed E-state index contributed by atoms with van der Waals surface area (Å²) < 4.78 is 5.01. The first kappa shape index (κ1) is 15.9. The highest BCUT2D eigenvalue weighted by molar-refractivity contribution is 5.82. The van der Waals surface area contributed by atoms with Crippen molar-refractivity contribution < 1.29 is 19.4 Å². The summed E-state index contributed by atoms with van der Waals surface area (Å²) in [5, 5.41) is 11.5. The molecule has 0 bridgehead atoms. The van der Waals surface area contributed by atoms with Crippen LogP contribution in [-0.2, 0) is 14.3 Å². The van der Waals surface area contributed by atoms with Crippen LogP contribution in [0, 0.1) is 5.92 Å². The lowest BCUT2D eigenvalue weighted by molar-refractivity contribution is -0.143. The molecule has 0 aromatic rings. The molecule has 1 saturated heterocycles. The van der Waals surface area contributed by atoms with Gasteiger partial charge in [0.1, 0.15) is 6.10 Å². The molecule has 19 heavy (non-hydrogen) atoms. The predicted octanol–water partition coefficient (Wildman–Crippen LogP) is -0.241. The number of methoxy groups -OCH3 is 1. The molecule has 1 fully saturated rings. The van der Waals surface area contributed by atoms with Gasteiger partial charge < -0.3 is 20.1 Å². The topological polar surface area (TPSA) is 78.9 Å². The third kappa shape index (κ3) is 4.80. The van der Waals surface area contributed by atoms with Crippen molar-refractivity contribution in [2.24, 2.45) is 5.92 Å². The molecule has 6 nitrogen and oxygen atoms in total. The second-order valence-electron chi connectivity index (χ2n) is 4.85. The molecule has 6 heteroatoms. The van der Waals surface area contributed by atoms with Gasteiger partial charge in [-0.05, 0) is 26.2 Å². The van der Waals surface area contributed by atoms with E-state index >= 15 is 0 Å². The van der Waals surface area contributed by atoms with Gasteiger partial charge in [0.05, 0.1) is 0 Å². The maximum absolute atomic E-state index is 11.9. The molecule has 110 valence electrons. The summed E-state index contributed by atoms with van der Waals surface area (Å²) in [6.07, 6.45) is 1.53. The molecule has 2 amide bonds. The summed E-state index contributed by atoms with van der Waals surface area (Å²) in [7, 11) is 1.52. The molecule has 0 spiro atoms. The van der Waals surface area contributed by atoms with Gasteiger partial charge in [-0.15, -0.1) is 0 Å². The van der Waals surface area contributed by atoms with E-state index in [0.29, 0.717) is 38.9 Å². The number of hydrogen-bond donors (Lipinski definition) is 2. The Morgan fingerprint density at radius 1 is 1.42 bits per heavy atom. The molecule has 0 aromatic carbocycles. The van der Waals surface area contributed by atoms with Crippen molar-refractivity contribution in [3.63, 3.8) is 0 Å². The second kappa shape index (κ2) is 8.12. The zero-order valence-electron chi connectivity index (χ0n) is 11.7. The molecule has 1 unspecified atom stereocenters. The Hall–Kier alpha value is -1.14. The highest BCUT2D eigenvalue weighted by atomic mass is 16.5. The van der Waals surface area contributed by atoms with Crippen molar-refractivity contribution in [1.29, 1.82) is 0 Å². The lowest BCUT2D eigenvalue weighted by atomic mass is 9.95. The van der Waals surface area contributed by atoms with E-state index in [-0.39, 0.29) is 24.3 Å². The standard InChI is InChI=1S/C13H24N2O4/c1-10(19-2)13(18)15-7-4-11(5-8-15)12(17)14-6-3-9-16/h10-11,16H,3-9H2,1-2H3,(H,14,17). The van der Waals surface area contributed by atoms with Crippen LogP contribution in [0.5, 0.6) is 0 Å². The number of hydrogen-bond acceptors (Lipinski definition) is 4. The van der Waals surface area contributed by atoms with Crippen molar-refractivity contribution in [2.75, 3.05) is 33.4 Å². The lowest BCUT2D eigenvalue weighted by Crippen LogP contribution is -2.46. The Morgan fingerprint density at radius 3 is 2.58 bits per heavy atom. The number of aliphatic hydroxyl groups excluding tert-OH is 1. The Bertz CT molecular complexity index is 301. The van der Waals surface area contributed by atoms with E-state index < -0.39 is 6.10 Å². The number of nitrogens with one attached hydrogen (secondary N) is 1. The number of carbonyl (C=O) groups excluding carboxylic acids is 2. The highest BCUT2D eigenvalue weighted by Crippen LogP contribution is 2.18. The van der Waals surface area contributed by atoms with Gasteiger partial charge in [0.2, 0.25) is 5.91 Å². The van der Waals surface area contributed by atoms with Crippen molar-refractivity contribution in [2.45, 2.75) is 32.3 Å². The number of ether oxygens (including phenoxy) is 1. The van der Waals surface area contributed by atoms with Crippen molar-refractivity contribution >= 4 is 11.8 Å². The maximum atomic E-state index is 11.9. The zero-order valence-corrected chi connectivity index (χ0v) is 11.7. The predicted molar refractivity (Wildman–Crippen MR) is 70.5 cm³/mol. The van der Waals surface area contributed by atoms with Crippen LogP contribution >= 0.6 is 0 Å². The van der Waals surface area contributed by atoms with E-state index in [1.54, 1.807) is 11.8 Å². The molecule has 0 aliphatic carbocycles. The summed E-state index contributed by atoms with van der Waals surface area (Å²) in [5.41, 5.74) is 0. The molecule has 1 rings (SSSR count). The second-order valence-corrected chi connectivity index (χ2v) is 4.85. The van der Waals surface area contributed by atoms with Gasteiger partial charge in [0.25, 0.3) is 5.91 Å². The highest BCUT2D eigenvalue weighted by Gasteiger charge is 2.28. The number of carbonyl (C=O) groups is 2. The van der Waals surface area contributed by atoms with Gasteiger partial charge in [-0.25, -0.2) is 0 Å². The summed E-state index contributed by atoms with van der Waals surface area (Å²) >= 11 is 0. The van der Waals surface area contributed by atoms with Gasteiger partial charge in [0, 0.05) is 39.3 Å². The Balaban J connectivity index is 2.32. The number of piperidine rings is 1. The van der Waals surface area contributed by atoms with Crippen LogP contribution in [0.1, 0.15) is 26.2 Å². The van der Waals surface area contributed by atoms with E-state index in [0.717, 1.165) is 0 Å². The van der Waals surface area contributed by atoms with E-state index in [4.69, 9.17) is 9.84 Å². The van der Waals surface area contributed by atoms with Gasteiger partial charge in [-0.1, -0.05) is 0 Å². The number of amides is 2. The fourth-order valence-corrected chi connectivity index (χ4v) is 2.15. The van der Waals surface area contributed by atoms with Crippen LogP contribution < -0.4 is 5.32 Å². The molecule has 1 atom stereocenters. The van der Waals surface area contributed by atoms with Crippen LogP contribution in [0.25, 0.3) is 0 Å². The van der Waals surface area contributed by atoms with Crippen LogP contribution in [0.3, 0.4) is 0 Å². The van der Waals surface area contributed by atoms with Crippen molar-refractivity contribution in [1.82, 2.24) is 10.2 Å². The fourth-order valence-electron chi connectivity index (χ4n) is 2.15. The fraction of sp³-hybridized carbons (Fsp3) is 0.846.